The molecular formula is C23H26N2O8. The van der Waals surface area contributed by atoms with Gasteiger partial charge in [0.05, 0.1) is 43.8 Å². The Kier molecular flexibility index (Phi) is 4.63. The molecule has 0 saturated heterocycles. The van der Waals surface area contributed by atoms with Crippen LogP contribution >= 0.6 is 0 Å². The fourth-order valence-corrected chi connectivity index (χ4v) is 5.78. The minimum Gasteiger partial charge on any atom is -0.873 e. The van der Waals surface area contributed by atoms with E-state index >= 15 is 0 Å². The molecule has 0 bridgehead atoms. The summed E-state index contributed by atoms with van der Waals surface area (Å²) in [5.41, 5.74) is -0.818. The third-order valence-corrected chi connectivity index (χ3v) is 7.27. The third kappa shape index (κ3) is 2.74. The number of hydrogen-bond acceptors (Lipinski definition) is 8. The minimum absolute atomic E-state index is 0.138. The summed E-state index contributed by atoms with van der Waals surface area (Å²) >= 11 is 0. The monoisotopic (exact) mass is 458 g/mol. The molecule has 10 nitrogen and oxygen atoms in total. The summed E-state index contributed by atoms with van der Waals surface area (Å²) in [7, 11) is 4.82. The quantitative estimate of drug-likeness (QED) is 0.264. The normalized spacial score (nSPS) is 34.1. The van der Waals surface area contributed by atoms with Gasteiger partial charge in [0.1, 0.15) is 17.1 Å². The Balaban J connectivity index is 2.07. The summed E-state index contributed by atoms with van der Waals surface area (Å²) in [4.78, 5) is 38.9. The molecule has 176 valence electrons. The van der Waals surface area contributed by atoms with Crippen LogP contribution in [0.5, 0.6) is 5.75 Å². The van der Waals surface area contributed by atoms with Gasteiger partial charge in [-0.2, -0.15) is 0 Å². The number of carbonyl (C=O) groups excluding carboxylic acids is 3. The molecule has 3 aliphatic rings. The highest BCUT2D eigenvalue weighted by atomic mass is 16.3. The molecule has 0 aromatic heterocycles. The smallest absolute Gasteiger partial charge is 0.251 e. The highest BCUT2D eigenvalue weighted by molar-refractivity contribution is 6.24. The van der Waals surface area contributed by atoms with Crippen LogP contribution in [0.25, 0.3) is 5.76 Å². The van der Waals surface area contributed by atoms with Crippen molar-refractivity contribution in [2.24, 2.45) is 17.6 Å². The van der Waals surface area contributed by atoms with Crippen LogP contribution in [0.3, 0.4) is 0 Å². The highest BCUT2D eigenvalue weighted by Gasteiger charge is 2.66. The molecule has 1 fully saturated rings. The van der Waals surface area contributed by atoms with Crippen LogP contribution in [0.2, 0.25) is 0 Å². The summed E-state index contributed by atoms with van der Waals surface area (Å²) in [5.74, 6) is -8.38. The van der Waals surface area contributed by atoms with Crippen LogP contribution < -0.4 is 10.8 Å². The number of phenols is 1. The number of hydrogen-bond donors (Lipinski definition) is 5. The van der Waals surface area contributed by atoms with Gasteiger partial charge in [-0.15, -0.1) is 0 Å². The van der Waals surface area contributed by atoms with Gasteiger partial charge in [-0.05, 0) is 25.0 Å². The predicted octanol–water partition coefficient (Wildman–Crippen LogP) is -1.42. The highest BCUT2D eigenvalue weighted by Crippen LogP contribution is 2.57. The number of Topliss-reactive ketones (excluding diaryl/α,β-unsaturated/α-hetero) is 2. The average Bonchev–Trinajstić information content (AvgIpc) is 2.67. The minimum atomic E-state index is -2.85. The average molecular weight is 458 g/mol. The fraction of sp³-hybridized carbons (Fsp3) is 0.435. The van der Waals surface area contributed by atoms with E-state index in [0.717, 1.165) is 0 Å². The number of fused-ring (bicyclic) bond motifs is 3. The van der Waals surface area contributed by atoms with Crippen molar-refractivity contribution in [3.8, 4) is 5.75 Å². The molecule has 0 aliphatic heterocycles. The van der Waals surface area contributed by atoms with Crippen LogP contribution in [-0.4, -0.2) is 75.2 Å². The van der Waals surface area contributed by atoms with Gasteiger partial charge in [-0.1, -0.05) is 17.9 Å². The molecule has 4 rings (SSSR count). The third-order valence-electron chi connectivity index (χ3n) is 7.27. The number of aliphatic hydroxyl groups is 3. The number of benzene rings is 1. The molecule has 5 atom stereocenters. The van der Waals surface area contributed by atoms with Crippen LogP contribution in [-0.2, 0) is 20.0 Å². The second-order valence-corrected chi connectivity index (χ2v) is 10.1. The Morgan fingerprint density at radius 2 is 1.79 bits per heavy atom. The van der Waals surface area contributed by atoms with E-state index in [-0.39, 0.29) is 22.0 Å². The second kappa shape index (κ2) is 6.66. The lowest BCUT2D eigenvalue weighted by Crippen LogP contribution is -2.71. The summed E-state index contributed by atoms with van der Waals surface area (Å²) in [5, 5.41) is 57.6. The topological polar surface area (TPSA) is 181 Å². The number of nitrogens with two attached hydrogens (primary N) is 1. The van der Waals surface area contributed by atoms with Crippen molar-refractivity contribution in [2.75, 3.05) is 21.1 Å². The number of aromatic hydroxyl groups is 1. The van der Waals surface area contributed by atoms with Gasteiger partial charge in [-0.25, -0.2) is 0 Å². The van der Waals surface area contributed by atoms with Crippen molar-refractivity contribution >= 4 is 23.2 Å². The zero-order chi connectivity index (χ0) is 24.8. The maximum Gasteiger partial charge on any atom is 0.251 e. The Labute approximate surface area is 189 Å². The largest absolute Gasteiger partial charge is 0.873 e. The van der Waals surface area contributed by atoms with Crippen LogP contribution in [0, 0.1) is 11.8 Å². The van der Waals surface area contributed by atoms with E-state index in [1.165, 1.54) is 25.1 Å². The molecule has 1 amide bonds. The van der Waals surface area contributed by atoms with E-state index in [2.05, 4.69) is 0 Å². The Morgan fingerprint density at radius 1 is 1.18 bits per heavy atom. The van der Waals surface area contributed by atoms with Gasteiger partial charge in [0.2, 0.25) is 5.78 Å². The molecule has 0 spiro atoms. The maximum atomic E-state index is 13.7. The van der Waals surface area contributed by atoms with Gasteiger partial charge in [-0.3, -0.25) is 14.4 Å². The van der Waals surface area contributed by atoms with Gasteiger partial charge in [0.15, 0.2) is 11.8 Å². The first kappa shape index (κ1) is 23.0. The fourth-order valence-electron chi connectivity index (χ4n) is 5.78. The van der Waals surface area contributed by atoms with E-state index < -0.39 is 75.0 Å². The van der Waals surface area contributed by atoms with Crippen molar-refractivity contribution in [1.82, 2.24) is 0 Å². The molecule has 1 aromatic rings. The molecule has 0 unspecified atom stereocenters. The van der Waals surface area contributed by atoms with Crippen LogP contribution in [0.4, 0.5) is 0 Å². The molecule has 0 heterocycles. The van der Waals surface area contributed by atoms with Crippen molar-refractivity contribution < 1.29 is 44.4 Å². The molecule has 1 aromatic carbocycles. The number of primary amides is 1. The number of rotatable bonds is 2. The number of carbonyl (C=O) groups is 3. The van der Waals surface area contributed by atoms with Crippen LogP contribution in [0.15, 0.2) is 35.1 Å². The Bertz CT molecular complexity index is 1190. The lowest BCUT2D eigenvalue weighted by Gasteiger charge is -2.56. The van der Waals surface area contributed by atoms with Crippen molar-refractivity contribution in [1.29, 1.82) is 0 Å². The van der Waals surface area contributed by atoms with Gasteiger partial charge in [0.25, 0.3) is 5.91 Å². The number of likely N-dealkylation sites (N-methyl/N-ethyl adjacent to an activating group) is 1. The number of ketones is 2. The molecule has 3 aliphatic carbocycles. The van der Waals surface area contributed by atoms with E-state index in [4.69, 9.17) is 5.73 Å². The molecule has 33 heavy (non-hydrogen) atoms. The van der Waals surface area contributed by atoms with E-state index in [0.29, 0.717) is 0 Å². The Morgan fingerprint density at radius 3 is 2.33 bits per heavy atom. The molecule has 0 radical (unpaired) electrons. The lowest BCUT2D eigenvalue weighted by molar-refractivity contribution is -0.891. The van der Waals surface area contributed by atoms with E-state index in [1.807, 2.05) is 0 Å². The number of nitrogens with zero attached hydrogens (tertiary/aromatic N) is 1. The first-order valence-corrected chi connectivity index (χ1v) is 10.4. The number of aliphatic hydroxyl groups excluding tert-OH is 1. The zero-order valence-corrected chi connectivity index (χ0v) is 18.6. The van der Waals surface area contributed by atoms with E-state index in [1.54, 1.807) is 21.1 Å². The molecule has 6 N–H and O–H groups in total. The molecular weight excluding hydrogens is 432 g/mol. The molecule has 10 heteroatoms. The lowest BCUT2D eigenvalue weighted by atomic mass is 9.54. The maximum absolute atomic E-state index is 13.7. The first-order chi connectivity index (χ1) is 15.1. The van der Waals surface area contributed by atoms with Crippen molar-refractivity contribution in [3.63, 3.8) is 0 Å². The van der Waals surface area contributed by atoms with Gasteiger partial charge < -0.3 is 35.7 Å². The van der Waals surface area contributed by atoms with Crippen LogP contribution in [0.1, 0.15) is 24.5 Å². The molecule has 1 saturated carbocycles. The predicted molar refractivity (Wildman–Crippen MR) is 112 cm³/mol. The zero-order valence-electron chi connectivity index (χ0n) is 18.6. The summed E-state index contributed by atoms with van der Waals surface area (Å²) in [6.07, 6.45) is -0.229. The standard InChI is InChI=1S/C23H26N2O8/c1-22(32)9-6-5-7-12(26)13(9)17(27)14-10(22)8-11-16(25(2,3)4)18(28)15(21(24)31)20(30)23(11,33)19(14)29/h5-7,10-11,16,32-33H,8H2,1-4H3,(H4-,24,26,27,28,29,30,31)/t10-,11-,16-,22+,23-/m0/s1. The second-order valence-electron chi connectivity index (χ2n) is 10.1. The Hall–Kier alpha value is -3.21. The van der Waals surface area contributed by atoms with E-state index in [9.17, 15) is 39.9 Å². The number of phenolic OH excluding ortho intramolecular Hbond substituents is 1. The van der Waals surface area contributed by atoms with Crippen molar-refractivity contribution in [2.45, 2.75) is 30.6 Å². The number of amides is 1. The number of quaternary nitrogens is 1. The first-order valence-electron chi connectivity index (χ1n) is 10.4. The summed E-state index contributed by atoms with van der Waals surface area (Å²) in [6.45, 7) is 1.40. The van der Waals surface area contributed by atoms with Crippen molar-refractivity contribution in [3.05, 3.63) is 46.2 Å². The summed E-state index contributed by atoms with van der Waals surface area (Å²) < 4.78 is -0.138. The van der Waals surface area contributed by atoms with Gasteiger partial charge >= 0.3 is 0 Å². The summed E-state index contributed by atoms with van der Waals surface area (Å²) in [6, 6.07) is 3.01. The van der Waals surface area contributed by atoms with Gasteiger partial charge in [0, 0.05) is 11.5 Å². The SMILES string of the molecule is C[C@@]1(O)c2cccc(O)c2C(O)=C2C(=O)[C@]3(O)C([O-])=C(C(N)=O)C(=O)[C@@H]([N+](C)(C)C)[C@@H]3C[C@@H]21.